The summed E-state index contributed by atoms with van der Waals surface area (Å²) < 4.78 is 5.34. The number of anilines is 1. The highest BCUT2D eigenvalue weighted by Gasteiger charge is 2.45. The van der Waals surface area contributed by atoms with E-state index in [0.29, 0.717) is 16.9 Å². The van der Waals surface area contributed by atoms with E-state index in [-0.39, 0.29) is 5.91 Å². The van der Waals surface area contributed by atoms with Gasteiger partial charge in [0.15, 0.2) is 0 Å². The van der Waals surface area contributed by atoms with Crippen molar-refractivity contribution in [2.45, 2.75) is 39.3 Å². The molecule has 30 heavy (non-hydrogen) atoms. The van der Waals surface area contributed by atoms with E-state index in [4.69, 9.17) is 4.74 Å². The van der Waals surface area contributed by atoms with E-state index in [1.165, 1.54) is 0 Å². The van der Waals surface area contributed by atoms with Crippen LogP contribution in [-0.2, 0) is 4.79 Å². The monoisotopic (exact) mass is 404 g/mol. The topological polar surface area (TPSA) is 66.9 Å². The van der Waals surface area contributed by atoms with E-state index >= 15 is 0 Å². The molecule has 0 saturated carbocycles. The van der Waals surface area contributed by atoms with Gasteiger partial charge < -0.3 is 9.64 Å². The number of benzene rings is 2. The molecule has 154 valence electrons. The predicted molar refractivity (Wildman–Crippen MR) is 115 cm³/mol. The lowest BCUT2D eigenvalue weighted by atomic mass is 9.88. The van der Waals surface area contributed by atoms with Crippen molar-refractivity contribution in [1.29, 1.82) is 0 Å². The SMILES string of the molecule is COc1ccc2c(c1)C(C)=CC(C)(C)N2C(=O)[C@@H](C)N1C(=O)c2ccccc2C1=O. The molecule has 0 bridgehead atoms. The van der Waals surface area contributed by atoms with E-state index < -0.39 is 23.4 Å². The van der Waals surface area contributed by atoms with Crippen LogP contribution in [0, 0.1) is 0 Å². The molecule has 0 unspecified atom stereocenters. The molecule has 4 rings (SSSR count). The van der Waals surface area contributed by atoms with E-state index in [0.717, 1.165) is 21.7 Å². The molecule has 0 radical (unpaired) electrons. The summed E-state index contributed by atoms with van der Waals surface area (Å²) >= 11 is 0. The van der Waals surface area contributed by atoms with Crippen molar-refractivity contribution in [2.24, 2.45) is 0 Å². The Kier molecular flexibility index (Phi) is 4.53. The molecular formula is C24H24N2O4. The zero-order valence-corrected chi connectivity index (χ0v) is 17.7. The highest BCUT2D eigenvalue weighted by molar-refractivity contribution is 6.23. The third-order valence-corrected chi connectivity index (χ3v) is 5.81. The van der Waals surface area contributed by atoms with Crippen LogP contribution < -0.4 is 9.64 Å². The Morgan fingerprint density at radius 3 is 2.17 bits per heavy atom. The quantitative estimate of drug-likeness (QED) is 0.728. The van der Waals surface area contributed by atoms with Crippen molar-refractivity contribution >= 4 is 29.0 Å². The third kappa shape index (κ3) is 2.83. The number of methoxy groups -OCH3 is 1. The van der Waals surface area contributed by atoms with Gasteiger partial charge in [0.1, 0.15) is 11.8 Å². The first kappa shape index (κ1) is 19.9. The second kappa shape index (κ2) is 6.83. The molecular weight excluding hydrogens is 380 g/mol. The maximum Gasteiger partial charge on any atom is 0.262 e. The van der Waals surface area contributed by atoms with Gasteiger partial charge in [-0.3, -0.25) is 19.3 Å². The summed E-state index contributed by atoms with van der Waals surface area (Å²) in [6, 6.07) is 11.3. The van der Waals surface area contributed by atoms with Crippen LogP contribution in [0.25, 0.3) is 5.57 Å². The Morgan fingerprint density at radius 2 is 1.60 bits per heavy atom. The van der Waals surface area contributed by atoms with Crippen LogP contribution in [0.3, 0.4) is 0 Å². The van der Waals surface area contributed by atoms with Crippen molar-refractivity contribution in [3.05, 3.63) is 65.2 Å². The lowest BCUT2D eigenvalue weighted by Gasteiger charge is -2.43. The Balaban J connectivity index is 1.75. The molecule has 6 nitrogen and oxygen atoms in total. The molecule has 2 aromatic carbocycles. The van der Waals surface area contributed by atoms with Crippen LogP contribution in [0.1, 0.15) is 54.0 Å². The lowest BCUT2D eigenvalue weighted by Crippen LogP contribution is -2.56. The summed E-state index contributed by atoms with van der Waals surface area (Å²) in [7, 11) is 1.60. The van der Waals surface area contributed by atoms with E-state index in [1.807, 2.05) is 39.0 Å². The molecule has 2 aliphatic heterocycles. The number of hydrogen-bond donors (Lipinski definition) is 0. The van der Waals surface area contributed by atoms with Crippen LogP contribution in [0.5, 0.6) is 5.75 Å². The zero-order chi connectivity index (χ0) is 21.8. The Bertz CT molecular complexity index is 1080. The van der Waals surface area contributed by atoms with Gasteiger partial charge in [-0.15, -0.1) is 0 Å². The van der Waals surface area contributed by atoms with E-state index in [2.05, 4.69) is 0 Å². The molecule has 3 amide bonds. The highest BCUT2D eigenvalue weighted by Crippen LogP contribution is 2.41. The number of amides is 3. The summed E-state index contributed by atoms with van der Waals surface area (Å²) in [5.74, 6) is -0.493. The van der Waals surface area contributed by atoms with Crippen molar-refractivity contribution in [3.63, 3.8) is 0 Å². The number of fused-ring (bicyclic) bond motifs is 2. The number of carbonyl (C=O) groups excluding carboxylic acids is 3. The molecule has 2 aliphatic rings. The number of ether oxygens (including phenoxy) is 1. The van der Waals surface area contributed by atoms with Crippen LogP contribution in [0.2, 0.25) is 0 Å². The number of hydrogen-bond acceptors (Lipinski definition) is 4. The average Bonchev–Trinajstić information content (AvgIpc) is 2.97. The first-order chi connectivity index (χ1) is 14.2. The molecule has 2 aromatic rings. The van der Waals surface area contributed by atoms with E-state index in [1.54, 1.807) is 49.3 Å². The van der Waals surface area contributed by atoms with Crippen LogP contribution in [0.4, 0.5) is 5.69 Å². The van der Waals surface area contributed by atoms with Gasteiger partial charge in [0.05, 0.1) is 29.5 Å². The Labute approximate surface area is 175 Å². The van der Waals surface area contributed by atoms with Gasteiger partial charge >= 0.3 is 0 Å². The number of carbonyl (C=O) groups is 3. The minimum absolute atomic E-state index is 0.315. The number of rotatable bonds is 3. The standard InChI is InChI=1S/C24H24N2O4/c1-14-13-24(3,4)26(20-11-10-16(30-5)12-19(14)20)21(27)15(2)25-22(28)17-8-6-7-9-18(17)23(25)29/h6-13,15H,1-5H3/t15-/m1/s1. The first-order valence-corrected chi connectivity index (χ1v) is 9.86. The fourth-order valence-corrected chi connectivity index (χ4v) is 4.40. The fraction of sp³-hybridized carbons (Fsp3) is 0.292. The second-order valence-electron chi connectivity index (χ2n) is 8.24. The molecule has 0 aliphatic carbocycles. The van der Waals surface area contributed by atoms with Crippen LogP contribution in [-0.4, -0.2) is 41.3 Å². The van der Waals surface area contributed by atoms with Crippen molar-refractivity contribution < 1.29 is 19.1 Å². The minimum Gasteiger partial charge on any atom is -0.497 e. The van der Waals surface area contributed by atoms with Crippen LogP contribution in [0.15, 0.2) is 48.5 Å². The van der Waals surface area contributed by atoms with Crippen molar-refractivity contribution in [3.8, 4) is 5.75 Å². The maximum absolute atomic E-state index is 13.7. The van der Waals surface area contributed by atoms with Gasteiger partial charge in [-0.2, -0.15) is 0 Å². The minimum atomic E-state index is -0.946. The highest BCUT2D eigenvalue weighted by atomic mass is 16.5. The molecule has 2 heterocycles. The van der Waals surface area contributed by atoms with Gasteiger partial charge in [0, 0.05) is 5.56 Å². The smallest absolute Gasteiger partial charge is 0.262 e. The Morgan fingerprint density at radius 1 is 1.00 bits per heavy atom. The summed E-state index contributed by atoms with van der Waals surface area (Å²) in [4.78, 5) is 42.2. The van der Waals surface area contributed by atoms with Gasteiger partial charge in [0.2, 0.25) is 0 Å². The molecule has 0 saturated heterocycles. The number of imide groups is 1. The van der Waals surface area contributed by atoms with E-state index in [9.17, 15) is 14.4 Å². The zero-order valence-electron chi connectivity index (χ0n) is 17.7. The van der Waals surface area contributed by atoms with Crippen LogP contribution >= 0.6 is 0 Å². The predicted octanol–water partition coefficient (Wildman–Crippen LogP) is 3.91. The second-order valence-corrected chi connectivity index (χ2v) is 8.24. The fourth-order valence-electron chi connectivity index (χ4n) is 4.40. The Hall–Kier alpha value is -3.41. The summed E-state index contributed by atoms with van der Waals surface area (Å²) in [5, 5.41) is 0. The molecule has 0 aromatic heterocycles. The molecule has 0 fully saturated rings. The summed E-state index contributed by atoms with van der Waals surface area (Å²) in [6.45, 7) is 7.48. The van der Waals surface area contributed by atoms with Crippen molar-refractivity contribution in [2.75, 3.05) is 12.0 Å². The van der Waals surface area contributed by atoms with Gasteiger partial charge in [-0.1, -0.05) is 18.2 Å². The lowest BCUT2D eigenvalue weighted by molar-refractivity contribution is -0.122. The third-order valence-electron chi connectivity index (χ3n) is 5.81. The molecule has 6 heteroatoms. The number of nitrogens with zero attached hydrogens (tertiary/aromatic N) is 2. The average molecular weight is 404 g/mol. The maximum atomic E-state index is 13.7. The van der Waals surface area contributed by atoms with Gasteiger partial charge in [-0.25, -0.2) is 0 Å². The molecule has 0 spiro atoms. The number of allylic oxidation sites excluding steroid dienone is 1. The normalized spacial score (nSPS) is 18.0. The van der Waals surface area contributed by atoms with Gasteiger partial charge in [-0.05, 0) is 63.6 Å². The molecule has 0 N–H and O–H groups in total. The van der Waals surface area contributed by atoms with Crippen molar-refractivity contribution in [1.82, 2.24) is 4.90 Å². The molecule has 1 atom stereocenters. The largest absolute Gasteiger partial charge is 0.497 e. The summed E-state index contributed by atoms with van der Waals surface area (Å²) in [5.41, 5.74) is 2.69. The first-order valence-electron chi connectivity index (χ1n) is 9.86. The van der Waals surface area contributed by atoms with Gasteiger partial charge in [0.25, 0.3) is 17.7 Å². The summed E-state index contributed by atoms with van der Waals surface area (Å²) in [6.07, 6.45) is 2.02.